The van der Waals surface area contributed by atoms with Crippen molar-refractivity contribution in [3.63, 3.8) is 0 Å². The van der Waals surface area contributed by atoms with Crippen LogP contribution < -0.4 is 10.1 Å². The number of rotatable bonds is 7. The fourth-order valence-electron chi connectivity index (χ4n) is 4.16. The summed E-state index contributed by atoms with van der Waals surface area (Å²) in [6.07, 6.45) is 1.12. The van der Waals surface area contributed by atoms with Crippen LogP contribution in [0.4, 0.5) is 5.69 Å². The molecule has 0 aromatic heterocycles. The van der Waals surface area contributed by atoms with E-state index in [1.807, 2.05) is 0 Å². The number of nitrogens with zero attached hydrogens (tertiary/aromatic N) is 2. The number of nitrogens with one attached hydrogen (secondary N) is 1. The number of amides is 1. The largest absolute Gasteiger partial charge is 0.497 e. The van der Waals surface area contributed by atoms with Crippen LogP contribution in [0.3, 0.4) is 0 Å². The van der Waals surface area contributed by atoms with Crippen molar-refractivity contribution in [2.24, 2.45) is 5.92 Å². The molecule has 0 aliphatic carbocycles. The number of hydrogen-bond donors (Lipinski definition) is 1. The Labute approximate surface area is 205 Å². The number of anilines is 1. The summed E-state index contributed by atoms with van der Waals surface area (Å²) in [6, 6.07) is 12.2. The van der Waals surface area contributed by atoms with Crippen LogP contribution in [0.2, 0.25) is 0 Å². The Kier molecular flexibility index (Phi) is 7.77. The first-order valence-corrected chi connectivity index (χ1v) is 14.2. The maximum atomic E-state index is 13.1. The Hall–Kier alpha value is -2.51. The number of benzene rings is 2. The Morgan fingerprint density at radius 3 is 2.06 bits per heavy atom. The maximum Gasteiger partial charge on any atom is 0.243 e. The average Bonchev–Trinajstić information content (AvgIpc) is 2.89. The van der Waals surface area contributed by atoms with Gasteiger partial charge in [0, 0.05) is 31.9 Å². The molecule has 12 heteroatoms. The number of piperidine rings is 1. The minimum atomic E-state index is -3.74. The molecule has 0 radical (unpaired) electrons. The van der Waals surface area contributed by atoms with Crippen LogP contribution >= 0.6 is 0 Å². The highest BCUT2D eigenvalue weighted by atomic mass is 32.2. The summed E-state index contributed by atoms with van der Waals surface area (Å²) >= 11 is 0. The molecule has 10 nitrogen and oxygen atoms in total. The van der Waals surface area contributed by atoms with E-state index >= 15 is 0 Å². The Balaban J connectivity index is 1.40. The van der Waals surface area contributed by atoms with E-state index in [0.29, 0.717) is 57.1 Å². The SMILES string of the molecule is COc1ccc(S(=O)(=O)N2CCC[C@H](C(=O)Nc3ccc(S(=O)(=O)N4CCOCC4)cc3)C2)cc1. The number of methoxy groups -OCH3 is 1. The molecule has 2 aromatic carbocycles. The molecular formula is C23H29N3O7S2. The predicted molar refractivity (Wildman–Crippen MR) is 129 cm³/mol. The third-order valence-electron chi connectivity index (χ3n) is 6.18. The summed E-state index contributed by atoms with van der Waals surface area (Å²) in [4.78, 5) is 13.2. The van der Waals surface area contributed by atoms with Crippen molar-refractivity contribution < 1.29 is 31.1 Å². The molecule has 2 aromatic rings. The quantitative estimate of drug-likeness (QED) is 0.587. The lowest BCUT2D eigenvalue weighted by molar-refractivity contribution is -0.120. The molecule has 2 heterocycles. The monoisotopic (exact) mass is 523 g/mol. The molecule has 0 spiro atoms. The average molecular weight is 524 g/mol. The zero-order valence-electron chi connectivity index (χ0n) is 19.4. The normalized spacial score (nSPS) is 20.3. The third-order valence-corrected chi connectivity index (χ3v) is 9.97. The maximum absolute atomic E-state index is 13.1. The molecule has 1 amide bonds. The van der Waals surface area contributed by atoms with Crippen molar-refractivity contribution >= 4 is 31.6 Å². The number of ether oxygens (including phenoxy) is 2. The second-order valence-electron chi connectivity index (χ2n) is 8.41. The molecule has 190 valence electrons. The van der Waals surface area contributed by atoms with Gasteiger partial charge in [-0.1, -0.05) is 0 Å². The van der Waals surface area contributed by atoms with Crippen molar-refractivity contribution in [3.05, 3.63) is 48.5 Å². The van der Waals surface area contributed by atoms with E-state index in [1.165, 1.54) is 40.0 Å². The Morgan fingerprint density at radius 2 is 1.46 bits per heavy atom. The van der Waals surface area contributed by atoms with Crippen LogP contribution in [0, 0.1) is 5.92 Å². The van der Waals surface area contributed by atoms with Crippen molar-refractivity contribution in [3.8, 4) is 5.75 Å². The lowest BCUT2D eigenvalue weighted by Crippen LogP contribution is -2.43. The smallest absolute Gasteiger partial charge is 0.243 e. The summed E-state index contributed by atoms with van der Waals surface area (Å²) < 4.78 is 64.7. The first-order chi connectivity index (χ1) is 16.7. The molecule has 1 atom stereocenters. The van der Waals surface area contributed by atoms with Gasteiger partial charge in [0.1, 0.15) is 5.75 Å². The molecule has 1 N–H and O–H groups in total. The second-order valence-corrected chi connectivity index (χ2v) is 12.3. The van der Waals surface area contributed by atoms with Gasteiger partial charge in [0.05, 0.1) is 36.0 Å². The van der Waals surface area contributed by atoms with Gasteiger partial charge < -0.3 is 14.8 Å². The predicted octanol–water partition coefficient (Wildman–Crippen LogP) is 1.76. The van der Waals surface area contributed by atoms with Crippen molar-refractivity contribution in [2.45, 2.75) is 22.6 Å². The van der Waals surface area contributed by atoms with E-state index in [4.69, 9.17) is 9.47 Å². The molecule has 2 aliphatic heterocycles. The number of carbonyl (C=O) groups excluding carboxylic acids is 1. The highest BCUT2D eigenvalue weighted by molar-refractivity contribution is 7.89. The molecule has 2 fully saturated rings. The van der Waals surface area contributed by atoms with Gasteiger partial charge in [-0.2, -0.15) is 8.61 Å². The van der Waals surface area contributed by atoms with Crippen LogP contribution in [0.15, 0.2) is 58.3 Å². The van der Waals surface area contributed by atoms with E-state index in [-0.39, 0.29) is 22.2 Å². The minimum Gasteiger partial charge on any atom is -0.497 e. The van der Waals surface area contributed by atoms with Gasteiger partial charge in [0.25, 0.3) is 0 Å². The van der Waals surface area contributed by atoms with Gasteiger partial charge in [-0.25, -0.2) is 16.8 Å². The zero-order valence-corrected chi connectivity index (χ0v) is 21.1. The topological polar surface area (TPSA) is 122 Å². The van der Waals surface area contributed by atoms with Crippen LogP contribution in [0.5, 0.6) is 5.75 Å². The van der Waals surface area contributed by atoms with Crippen LogP contribution in [-0.4, -0.2) is 77.9 Å². The fourth-order valence-corrected chi connectivity index (χ4v) is 7.09. The molecule has 0 bridgehead atoms. The van der Waals surface area contributed by atoms with Crippen LogP contribution in [-0.2, 0) is 29.6 Å². The van der Waals surface area contributed by atoms with Gasteiger partial charge >= 0.3 is 0 Å². The highest BCUT2D eigenvalue weighted by Gasteiger charge is 2.33. The first-order valence-electron chi connectivity index (χ1n) is 11.3. The molecule has 0 saturated carbocycles. The number of hydrogen-bond acceptors (Lipinski definition) is 7. The second kappa shape index (κ2) is 10.6. The van der Waals surface area contributed by atoms with Crippen LogP contribution in [0.25, 0.3) is 0 Å². The van der Waals surface area contributed by atoms with E-state index < -0.39 is 26.0 Å². The molecule has 4 rings (SSSR count). The van der Waals surface area contributed by atoms with Gasteiger partial charge in [-0.3, -0.25) is 4.79 Å². The summed E-state index contributed by atoms with van der Waals surface area (Å²) in [7, 11) is -5.86. The Bertz CT molecular complexity index is 1240. The van der Waals surface area contributed by atoms with Crippen LogP contribution in [0.1, 0.15) is 12.8 Å². The molecule has 2 saturated heterocycles. The zero-order chi connectivity index (χ0) is 25.1. The van der Waals surface area contributed by atoms with Gasteiger partial charge in [-0.15, -0.1) is 0 Å². The number of morpholine rings is 1. The standard InChI is InChI=1S/C23H29N3O7S2/c1-32-20-6-10-22(11-7-20)35(30,31)26-12-2-3-18(17-26)23(27)24-19-4-8-21(9-5-19)34(28,29)25-13-15-33-16-14-25/h4-11,18H,2-3,12-17H2,1H3,(H,24,27)/t18-/m0/s1. The van der Waals surface area contributed by atoms with E-state index in [2.05, 4.69) is 5.32 Å². The Morgan fingerprint density at radius 1 is 0.886 bits per heavy atom. The molecule has 35 heavy (non-hydrogen) atoms. The minimum absolute atomic E-state index is 0.0731. The summed E-state index contributed by atoms with van der Waals surface area (Å²) in [5.41, 5.74) is 0.450. The first kappa shape index (κ1) is 25.6. The summed E-state index contributed by atoms with van der Waals surface area (Å²) in [5.74, 6) is -0.263. The highest BCUT2D eigenvalue weighted by Crippen LogP contribution is 2.26. The van der Waals surface area contributed by atoms with E-state index in [9.17, 15) is 21.6 Å². The fraction of sp³-hybridized carbons (Fsp3) is 0.435. The summed E-state index contributed by atoms with van der Waals surface area (Å²) in [6.45, 7) is 1.74. The lowest BCUT2D eigenvalue weighted by atomic mass is 9.99. The van der Waals surface area contributed by atoms with Crippen molar-refractivity contribution in [1.82, 2.24) is 8.61 Å². The van der Waals surface area contributed by atoms with Gasteiger partial charge in [0.2, 0.25) is 26.0 Å². The third kappa shape index (κ3) is 5.67. The lowest BCUT2D eigenvalue weighted by Gasteiger charge is -2.31. The van der Waals surface area contributed by atoms with Crippen molar-refractivity contribution in [2.75, 3.05) is 51.8 Å². The van der Waals surface area contributed by atoms with E-state index in [1.54, 1.807) is 24.3 Å². The molecule has 0 unspecified atom stereocenters. The molecular weight excluding hydrogens is 494 g/mol. The number of sulfonamides is 2. The molecule has 2 aliphatic rings. The van der Waals surface area contributed by atoms with E-state index in [0.717, 1.165) is 0 Å². The summed E-state index contributed by atoms with van der Waals surface area (Å²) in [5, 5.41) is 2.79. The number of carbonyl (C=O) groups is 1. The van der Waals surface area contributed by atoms with Gasteiger partial charge in [0.15, 0.2) is 0 Å². The van der Waals surface area contributed by atoms with Crippen molar-refractivity contribution in [1.29, 1.82) is 0 Å². The van der Waals surface area contributed by atoms with Gasteiger partial charge in [-0.05, 0) is 61.4 Å².